The molecule has 3 nitrogen and oxygen atoms in total. The zero-order valence-corrected chi connectivity index (χ0v) is 10.5. The lowest BCUT2D eigenvalue weighted by Crippen LogP contribution is -2.52. The molecule has 1 aromatic rings. The quantitative estimate of drug-likeness (QED) is 0.802. The van der Waals surface area contributed by atoms with Gasteiger partial charge in [-0.15, -0.1) is 0 Å². The van der Waals surface area contributed by atoms with Gasteiger partial charge < -0.3 is 9.47 Å². The monoisotopic (exact) mass is 234 g/mol. The summed E-state index contributed by atoms with van der Waals surface area (Å²) < 4.78 is 11.2. The Morgan fingerprint density at radius 2 is 2.12 bits per heavy atom. The molecule has 2 atom stereocenters. The SMILES string of the molecule is CCOC1C(=O)CC1Oc1cc(C)ccc1C. The van der Waals surface area contributed by atoms with Gasteiger partial charge >= 0.3 is 0 Å². The third-order valence-corrected chi connectivity index (χ3v) is 3.03. The minimum atomic E-state index is -0.375. The van der Waals surface area contributed by atoms with Crippen molar-refractivity contribution in [1.82, 2.24) is 0 Å². The van der Waals surface area contributed by atoms with Crippen LogP contribution in [0.15, 0.2) is 18.2 Å². The summed E-state index contributed by atoms with van der Waals surface area (Å²) in [5.41, 5.74) is 2.24. The molecule has 17 heavy (non-hydrogen) atoms. The van der Waals surface area contributed by atoms with Gasteiger partial charge in [0, 0.05) is 13.0 Å². The Balaban J connectivity index is 2.06. The van der Waals surface area contributed by atoms with Gasteiger partial charge in [-0.25, -0.2) is 0 Å². The zero-order chi connectivity index (χ0) is 12.4. The topological polar surface area (TPSA) is 35.5 Å². The molecular formula is C14H18O3. The van der Waals surface area contributed by atoms with Crippen molar-refractivity contribution in [3.8, 4) is 5.75 Å². The summed E-state index contributed by atoms with van der Waals surface area (Å²) in [6.45, 7) is 6.47. The van der Waals surface area contributed by atoms with Gasteiger partial charge in [0.15, 0.2) is 11.9 Å². The number of ketones is 1. The van der Waals surface area contributed by atoms with Crippen LogP contribution in [-0.4, -0.2) is 24.6 Å². The molecule has 1 aliphatic carbocycles. The molecule has 2 unspecified atom stereocenters. The highest BCUT2D eigenvalue weighted by molar-refractivity contribution is 5.90. The fourth-order valence-corrected chi connectivity index (χ4v) is 1.95. The fourth-order valence-electron chi connectivity index (χ4n) is 1.95. The summed E-state index contributed by atoms with van der Waals surface area (Å²) in [6, 6.07) is 6.08. The first-order valence-electron chi connectivity index (χ1n) is 6.00. The minimum Gasteiger partial charge on any atom is -0.486 e. The number of Topliss-reactive ketones (excluding diaryl/α,β-unsaturated/α-hetero) is 1. The van der Waals surface area contributed by atoms with Crippen LogP contribution in [0.4, 0.5) is 0 Å². The zero-order valence-electron chi connectivity index (χ0n) is 10.5. The van der Waals surface area contributed by atoms with Gasteiger partial charge in [0.1, 0.15) is 11.9 Å². The van der Waals surface area contributed by atoms with E-state index in [2.05, 4.69) is 0 Å². The van der Waals surface area contributed by atoms with Gasteiger partial charge in [0.2, 0.25) is 0 Å². The highest BCUT2D eigenvalue weighted by atomic mass is 16.5. The van der Waals surface area contributed by atoms with Gasteiger partial charge in [-0.3, -0.25) is 4.79 Å². The molecule has 0 N–H and O–H groups in total. The maximum Gasteiger partial charge on any atom is 0.169 e. The first kappa shape index (κ1) is 12.1. The molecule has 2 rings (SSSR count). The number of carbonyl (C=O) groups is 1. The third kappa shape index (κ3) is 2.50. The Hall–Kier alpha value is -1.35. The molecule has 0 amide bonds. The maximum absolute atomic E-state index is 11.4. The van der Waals surface area contributed by atoms with E-state index >= 15 is 0 Å². The van der Waals surface area contributed by atoms with Crippen LogP contribution in [0.3, 0.4) is 0 Å². The summed E-state index contributed by atoms with van der Waals surface area (Å²) in [5.74, 6) is 0.995. The van der Waals surface area contributed by atoms with Crippen molar-refractivity contribution in [3.63, 3.8) is 0 Å². The summed E-state index contributed by atoms with van der Waals surface area (Å²) in [5, 5.41) is 0. The van der Waals surface area contributed by atoms with E-state index in [4.69, 9.17) is 9.47 Å². The average Bonchev–Trinajstić information content (AvgIpc) is 2.30. The highest BCUT2D eigenvalue weighted by Gasteiger charge is 2.42. The van der Waals surface area contributed by atoms with Gasteiger partial charge in [-0.05, 0) is 38.0 Å². The van der Waals surface area contributed by atoms with Crippen molar-refractivity contribution in [2.75, 3.05) is 6.61 Å². The molecule has 0 spiro atoms. The minimum absolute atomic E-state index is 0.122. The highest BCUT2D eigenvalue weighted by Crippen LogP contribution is 2.28. The van der Waals surface area contributed by atoms with Gasteiger partial charge in [-0.1, -0.05) is 12.1 Å². The number of aryl methyl sites for hydroxylation is 2. The number of carbonyl (C=O) groups excluding carboxylic acids is 1. The van der Waals surface area contributed by atoms with E-state index in [0.29, 0.717) is 13.0 Å². The summed E-state index contributed by atoms with van der Waals surface area (Å²) >= 11 is 0. The van der Waals surface area contributed by atoms with Crippen LogP contribution in [0, 0.1) is 13.8 Å². The molecule has 0 aromatic heterocycles. The fraction of sp³-hybridized carbons (Fsp3) is 0.500. The number of rotatable bonds is 4. The predicted molar refractivity (Wildman–Crippen MR) is 65.4 cm³/mol. The lowest BCUT2D eigenvalue weighted by molar-refractivity contribution is -0.154. The molecule has 92 valence electrons. The van der Waals surface area contributed by atoms with Crippen LogP contribution < -0.4 is 4.74 Å². The molecule has 3 heteroatoms. The van der Waals surface area contributed by atoms with Crippen molar-refractivity contribution < 1.29 is 14.3 Å². The molecule has 0 bridgehead atoms. The van der Waals surface area contributed by atoms with Crippen molar-refractivity contribution in [2.45, 2.75) is 39.4 Å². The smallest absolute Gasteiger partial charge is 0.169 e. The van der Waals surface area contributed by atoms with E-state index in [1.165, 1.54) is 0 Å². The third-order valence-electron chi connectivity index (χ3n) is 3.03. The molecule has 0 saturated heterocycles. The van der Waals surface area contributed by atoms with E-state index in [9.17, 15) is 4.79 Å². The molecular weight excluding hydrogens is 216 g/mol. The molecule has 0 aliphatic heterocycles. The van der Waals surface area contributed by atoms with E-state index in [1.807, 2.05) is 39.0 Å². The largest absolute Gasteiger partial charge is 0.486 e. The Bertz CT molecular complexity index is 425. The van der Waals surface area contributed by atoms with Crippen LogP contribution in [-0.2, 0) is 9.53 Å². The van der Waals surface area contributed by atoms with Crippen molar-refractivity contribution >= 4 is 5.78 Å². The lowest BCUT2D eigenvalue weighted by atomic mass is 9.90. The summed E-state index contributed by atoms with van der Waals surface area (Å²) in [4.78, 5) is 11.4. The van der Waals surface area contributed by atoms with Crippen LogP contribution in [0.5, 0.6) is 5.75 Å². The first-order valence-corrected chi connectivity index (χ1v) is 6.00. The van der Waals surface area contributed by atoms with E-state index < -0.39 is 0 Å². The molecule has 0 heterocycles. The summed E-state index contributed by atoms with van der Waals surface area (Å²) in [7, 11) is 0. The second-order valence-electron chi connectivity index (χ2n) is 4.47. The van der Waals surface area contributed by atoms with Gasteiger partial charge in [0.25, 0.3) is 0 Å². The molecule has 1 aromatic carbocycles. The number of benzene rings is 1. The number of hydrogen-bond donors (Lipinski definition) is 0. The van der Waals surface area contributed by atoms with Crippen molar-refractivity contribution in [2.24, 2.45) is 0 Å². The first-order chi connectivity index (χ1) is 8.11. The molecule has 0 radical (unpaired) electrons. The lowest BCUT2D eigenvalue weighted by Gasteiger charge is -2.34. The van der Waals surface area contributed by atoms with E-state index in [1.54, 1.807) is 0 Å². The Morgan fingerprint density at radius 1 is 1.35 bits per heavy atom. The average molecular weight is 234 g/mol. The van der Waals surface area contributed by atoms with Gasteiger partial charge in [0.05, 0.1) is 0 Å². The van der Waals surface area contributed by atoms with E-state index in [-0.39, 0.29) is 18.0 Å². The Kier molecular flexibility index (Phi) is 3.48. The molecule has 1 aliphatic rings. The number of hydrogen-bond acceptors (Lipinski definition) is 3. The number of ether oxygens (including phenoxy) is 2. The second-order valence-corrected chi connectivity index (χ2v) is 4.47. The molecule has 1 saturated carbocycles. The van der Waals surface area contributed by atoms with Crippen molar-refractivity contribution in [3.05, 3.63) is 29.3 Å². The van der Waals surface area contributed by atoms with E-state index in [0.717, 1.165) is 16.9 Å². The van der Waals surface area contributed by atoms with Crippen LogP contribution in [0.2, 0.25) is 0 Å². The summed E-state index contributed by atoms with van der Waals surface area (Å²) in [6.07, 6.45) is -0.0410. The normalized spacial score (nSPS) is 23.4. The van der Waals surface area contributed by atoms with Gasteiger partial charge in [-0.2, -0.15) is 0 Å². The van der Waals surface area contributed by atoms with Crippen LogP contribution in [0.1, 0.15) is 24.5 Å². The predicted octanol–water partition coefficient (Wildman–Crippen LogP) is 2.43. The second kappa shape index (κ2) is 4.88. The maximum atomic E-state index is 11.4. The molecule has 1 fully saturated rings. The Labute approximate surface area is 102 Å². The van der Waals surface area contributed by atoms with Crippen LogP contribution >= 0.6 is 0 Å². The Morgan fingerprint density at radius 3 is 2.76 bits per heavy atom. The van der Waals surface area contributed by atoms with Crippen LogP contribution in [0.25, 0.3) is 0 Å². The van der Waals surface area contributed by atoms with Crippen molar-refractivity contribution in [1.29, 1.82) is 0 Å². The standard InChI is InChI=1S/C14H18O3/c1-4-16-14-11(15)8-13(14)17-12-7-9(2)5-6-10(12)3/h5-7,13-14H,4,8H2,1-3H3.